The second-order valence-electron chi connectivity index (χ2n) is 4.50. The fourth-order valence-corrected chi connectivity index (χ4v) is 2.20. The highest BCUT2D eigenvalue weighted by Gasteiger charge is 2.10. The highest BCUT2D eigenvalue weighted by Crippen LogP contribution is 2.25. The molecule has 0 bridgehead atoms. The number of carbonyl (C=O) groups excluding carboxylic acids is 1. The van der Waals surface area contributed by atoms with Crippen LogP contribution < -0.4 is 15.8 Å². The Kier molecular flexibility index (Phi) is 5.20. The zero-order chi connectivity index (χ0) is 15.2. The van der Waals surface area contributed by atoms with Crippen LogP contribution in [0.25, 0.3) is 0 Å². The molecule has 0 saturated carbocycles. The predicted octanol–water partition coefficient (Wildman–Crippen LogP) is 2.74. The molecule has 0 aliphatic rings. The van der Waals surface area contributed by atoms with E-state index in [1.807, 2.05) is 18.2 Å². The van der Waals surface area contributed by atoms with Crippen LogP contribution >= 0.6 is 11.6 Å². The number of rotatable bonds is 5. The van der Waals surface area contributed by atoms with Crippen molar-refractivity contribution in [3.05, 3.63) is 64.2 Å². The molecule has 21 heavy (non-hydrogen) atoms. The van der Waals surface area contributed by atoms with E-state index in [9.17, 15) is 4.79 Å². The van der Waals surface area contributed by atoms with Gasteiger partial charge >= 0.3 is 0 Å². The van der Waals surface area contributed by atoms with Gasteiger partial charge in [0.15, 0.2) is 0 Å². The van der Waals surface area contributed by atoms with E-state index < -0.39 is 0 Å². The smallest absolute Gasteiger partial charge is 0.251 e. The summed E-state index contributed by atoms with van der Waals surface area (Å²) in [5.74, 6) is 0.488. The summed E-state index contributed by atoms with van der Waals surface area (Å²) in [7, 11) is 1.57. The number of hydrogen-bond acceptors (Lipinski definition) is 3. The molecule has 4 nitrogen and oxygen atoms in total. The summed E-state index contributed by atoms with van der Waals surface area (Å²) in [5, 5.41) is 3.40. The second-order valence-corrected chi connectivity index (χ2v) is 4.91. The Morgan fingerprint density at radius 1 is 1.24 bits per heavy atom. The molecule has 0 spiro atoms. The van der Waals surface area contributed by atoms with E-state index in [4.69, 9.17) is 22.1 Å². The number of nitrogens with two attached hydrogens (primary N) is 1. The van der Waals surface area contributed by atoms with Crippen LogP contribution in [0.1, 0.15) is 21.5 Å². The highest BCUT2D eigenvalue weighted by atomic mass is 35.5. The van der Waals surface area contributed by atoms with Crippen LogP contribution in [0.5, 0.6) is 5.75 Å². The molecule has 0 fully saturated rings. The van der Waals surface area contributed by atoms with Gasteiger partial charge in [0.2, 0.25) is 0 Å². The number of nitrogens with one attached hydrogen (secondary N) is 1. The van der Waals surface area contributed by atoms with Gasteiger partial charge in [-0.25, -0.2) is 0 Å². The number of carbonyl (C=O) groups is 1. The standard InChI is InChI=1S/C16H17ClN2O2/c1-21-15-4-2-3-14(17)13(15)10-19-16(20)12-7-5-11(9-18)6-8-12/h2-8H,9-10,18H2,1H3,(H,19,20). The van der Waals surface area contributed by atoms with Gasteiger partial charge in [-0.2, -0.15) is 0 Å². The van der Waals surface area contributed by atoms with Crippen molar-refractivity contribution < 1.29 is 9.53 Å². The van der Waals surface area contributed by atoms with E-state index in [-0.39, 0.29) is 5.91 Å². The van der Waals surface area contributed by atoms with Crippen LogP contribution in [-0.4, -0.2) is 13.0 Å². The molecule has 0 aliphatic heterocycles. The van der Waals surface area contributed by atoms with Crippen molar-refractivity contribution >= 4 is 17.5 Å². The molecule has 2 rings (SSSR count). The maximum Gasteiger partial charge on any atom is 0.251 e. The molecule has 0 heterocycles. The molecule has 0 aromatic heterocycles. The number of methoxy groups -OCH3 is 1. The van der Waals surface area contributed by atoms with E-state index in [1.54, 1.807) is 31.4 Å². The number of benzene rings is 2. The van der Waals surface area contributed by atoms with Crippen molar-refractivity contribution in [2.45, 2.75) is 13.1 Å². The maximum absolute atomic E-state index is 12.1. The second kappa shape index (κ2) is 7.11. The van der Waals surface area contributed by atoms with Gasteiger partial charge in [-0.3, -0.25) is 4.79 Å². The van der Waals surface area contributed by atoms with Gasteiger partial charge in [0.1, 0.15) is 5.75 Å². The minimum absolute atomic E-state index is 0.166. The Bertz CT molecular complexity index is 627. The minimum atomic E-state index is -0.166. The number of amides is 1. The van der Waals surface area contributed by atoms with Crippen molar-refractivity contribution in [1.82, 2.24) is 5.32 Å². The first-order valence-electron chi connectivity index (χ1n) is 6.54. The van der Waals surface area contributed by atoms with Gasteiger partial charge in [0.05, 0.1) is 7.11 Å². The van der Waals surface area contributed by atoms with E-state index in [0.717, 1.165) is 11.1 Å². The number of halogens is 1. The predicted molar refractivity (Wildman–Crippen MR) is 83.5 cm³/mol. The molecule has 1 amide bonds. The Morgan fingerprint density at radius 2 is 1.95 bits per heavy atom. The average Bonchev–Trinajstić information content (AvgIpc) is 2.53. The topological polar surface area (TPSA) is 64.3 Å². The first kappa shape index (κ1) is 15.4. The summed E-state index contributed by atoms with van der Waals surface area (Å²) < 4.78 is 5.24. The van der Waals surface area contributed by atoms with Crippen LogP contribution in [0.15, 0.2) is 42.5 Å². The fourth-order valence-electron chi connectivity index (χ4n) is 1.96. The van der Waals surface area contributed by atoms with Crippen LogP contribution in [0.3, 0.4) is 0 Å². The van der Waals surface area contributed by atoms with Crippen molar-refractivity contribution in [2.75, 3.05) is 7.11 Å². The molecule has 0 saturated heterocycles. The third kappa shape index (κ3) is 3.74. The highest BCUT2D eigenvalue weighted by molar-refractivity contribution is 6.31. The van der Waals surface area contributed by atoms with Crippen molar-refractivity contribution in [2.24, 2.45) is 5.73 Å². The molecular formula is C16H17ClN2O2. The lowest BCUT2D eigenvalue weighted by Gasteiger charge is -2.11. The van der Waals surface area contributed by atoms with Gasteiger partial charge in [-0.15, -0.1) is 0 Å². The molecule has 0 atom stereocenters. The molecular weight excluding hydrogens is 288 g/mol. The lowest BCUT2D eigenvalue weighted by molar-refractivity contribution is 0.0950. The van der Waals surface area contributed by atoms with Crippen LogP contribution in [0, 0.1) is 0 Å². The summed E-state index contributed by atoms with van der Waals surface area (Å²) in [6, 6.07) is 12.6. The molecule has 0 unspecified atom stereocenters. The summed E-state index contributed by atoms with van der Waals surface area (Å²) >= 11 is 6.13. The first-order valence-corrected chi connectivity index (χ1v) is 6.92. The molecule has 0 radical (unpaired) electrons. The maximum atomic E-state index is 12.1. The molecule has 5 heteroatoms. The first-order chi connectivity index (χ1) is 10.2. The Morgan fingerprint density at radius 3 is 2.57 bits per heavy atom. The quantitative estimate of drug-likeness (QED) is 0.892. The summed E-state index contributed by atoms with van der Waals surface area (Å²) in [5.41, 5.74) is 7.86. The molecule has 3 N–H and O–H groups in total. The SMILES string of the molecule is COc1cccc(Cl)c1CNC(=O)c1ccc(CN)cc1. The lowest BCUT2D eigenvalue weighted by Crippen LogP contribution is -2.23. The van der Waals surface area contributed by atoms with Crippen molar-refractivity contribution in [3.63, 3.8) is 0 Å². The fraction of sp³-hybridized carbons (Fsp3) is 0.188. The van der Waals surface area contributed by atoms with Gasteiger partial charge in [-0.05, 0) is 29.8 Å². The van der Waals surface area contributed by atoms with E-state index >= 15 is 0 Å². The van der Waals surface area contributed by atoms with E-state index in [1.165, 1.54) is 0 Å². The molecule has 0 aliphatic carbocycles. The molecule has 110 valence electrons. The summed E-state index contributed by atoms with van der Waals surface area (Å²) in [6.45, 7) is 0.763. The van der Waals surface area contributed by atoms with Crippen molar-refractivity contribution in [1.29, 1.82) is 0 Å². The normalized spacial score (nSPS) is 10.2. The van der Waals surface area contributed by atoms with Crippen LogP contribution in [-0.2, 0) is 13.1 Å². The Hall–Kier alpha value is -2.04. The van der Waals surface area contributed by atoms with E-state index in [0.29, 0.717) is 29.4 Å². The average molecular weight is 305 g/mol. The number of ether oxygens (including phenoxy) is 1. The zero-order valence-electron chi connectivity index (χ0n) is 11.7. The minimum Gasteiger partial charge on any atom is -0.496 e. The largest absolute Gasteiger partial charge is 0.496 e. The third-order valence-electron chi connectivity index (χ3n) is 3.17. The van der Waals surface area contributed by atoms with Gasteiger partial charge in [-0.1, -0.05) is 29.8 Å². The summed E-state index contributed by atoms with van der Waals surface area (Å²) in [6.07, 6.45) is 0. The van der Waals surface area contributed by atoms with Crippen molar-refractivity contribution in [3.8, 4) is 5.75 Å². The van der Waals surface area contributed by atoms with Gasteiger partial charge < -0.3 is 15.8 Å². The van der Waals surface area contributed by atoms with Gasteiger partial charge in [0.25, 0.3) is 5.91 Å². The molecule has 2 aromatic carbocycles. The van der Waals surface area contributed by atoms with Crippen LogP contribution in [0.4, 0.5) is 0 Å². The van der Waals surface area contributed by atoms with Crippen LogP contribution in [0.2, 0.25) is 5.02 Å². The Balaban J connectivity index is 2.07. The third-order valence-corrected chi connectivity index (χ3v) is 3.53. The number of hydrogen-bond donors (Lipinski definition) is 2. The van der Waals surface area contributed by atoms with Gasteiger partial charge in [0, 0.05) is 29.2 Å². The monoisotopic (exact) mass is 304 g/mol. The van der Waals surface area contributed by atoms with E-state index in [2.05, 4.69) is 5.32 Å². The Labute approximate surface area is 128 Å². The zero-order valence-corrected chi connectivity index (χ0v) is 12.5. The molecule has 2 aromatic rings. The summed E-state index contributed by atoms with van der Waals surface area (Å²) in [4.78, 5) is 12.1. The lowest BCUT2D eigenvalue weighted by atomic mass is 10.1.